The van der Waals surface area contributed by atoms with Gasteiger partial charge in [0, 0.05) is 24.0 Å². The third-order valence-electron chi connectivity index (χ3n) is 7.08. The van der Waals surface area contributed by atoms with Crippen molar-refractivity contribution < 1.29 is 67.0 Å². The number of carbonyl (C=O) groups is 1. The number of aliphatic hydroxyl groups excluding tert-OH is 4. The Bertz CT molecular complexity index is 1770. The zero-order valence-electron chi connectivity index (χ0n) is 26.1. The predicted molar refractivity (Wildman–Crippen MR) is 174 cm³/mol. The molecular formula is C26H35N7O14P2S. The molecule has 1 amide bonds. The van der Waals surface area contributed by atoms with E-state index in [1.165, 1.54) is 34.6 Å². The lowest BCUT2D eigenvalue weighted by Gasteiger charge is -2.20. The number of amides is 1. The van der Waals surface area contributed by atoms with Crippen molar-refractivity contribution in [1.82, 2.24) is 19.5 Å². The molecule has 0 aromatic carbocycles. The summed E-state index contributed by atoms with van der Waals surface area (Å²) in [5.41, 5.74) is 11.6. The van der Waals surface area contributed by atoms with Crippen LogP contribution in [0.3, 0.4) is 0 Å². The number of nitrogens with zero attached hydrogens (tertiary/aromatic N) is 5. The number of phosphoric ester groups is 2. The number of aromatic nitrogens is 4. The number of nitrogens with two attached hydrogens (primary N) is 2. The van der Waals surface area contributed by atoms with Gasteiger partial charge in [0.1, 0.15) is 43.0 Å². The zero-order chi connectivity index (χ0) is 36.8. The molecule has 21 nitrogen and oxygen atoms in total. The van der Waals surface area contributed by atoms with Crippen LogP contribution in [-0.4, -0.2) is 124 Å². The van der Waals surface area contributed by atoms with Gasteiger partial charge in [0.05, 0.1) is 13.2 Å². The number of allylic oxidation sites excluding steroid dienone is 2. The minimum atomic E-state index is -5.41. The largest absolute Gasteiger partial charge is 0.481 e. The Hall–Kier alpha value is -3.10. The molecule has 10 atom stereocenters. The number of thioether (sulfide) groups is 1. The number of ether oxygens (including phenoxy) is 2. The van der Waals surface area contributed by atoms with Gasteiger partial charge in [0.15, 0.2) is 34.6 Å². The highest BCUT2D eigenvalue weighted by Crippen LogP contribution is 2.60. The van der Waals surface area contributed by atoms with Crippen LogP contribution in [0.5, 0.6) is 0 Å². The number of rotatable bonds is 16. The van der Waals surface area contributed by atoms with E-state index in [-0.39, 0.29) is 27.7 Å². The number of anilines is 1. The van der Waals surface area contributed by atoms with Gasteiger partial charge in [-0.25, -0.2) is 24.1 Å². The molecule has 4 rings (SSSR count). The molecule has 2 aromatic rings. The number of imidazole rings is 1. The van der Waals surface area contributed by atoms with Crippen LogP contribution in [0, 0.1) is 12.3 Å². The number of hydrogen-bond acceptors (Lipinski definition) is 18. The fourth-order valence-electron chi connectivity index (χ4n) is 4.62. The summed E-state index contributed by atoms with van der Waals surface area (Å²) < 4.78 is 51.2. The number of fused-ring (bicyclic) bond motifs is 1. The van der Waals surface area contributed by atoms with Crippen molar-refractivity contribution in [3.8, 4) is 12.3 Å². The maximum absolute atomic E-state index is 12.6. The number of carbonyl (C=O) groups excluding carboxylic acids is 1. The van der Waals surface area contributed by atoms with Crippen LogP contribution in [0.1, 0.15) is 19.6 Å². The van der Waals surface area contributed by atoms with Gasteiger partial charge in [-0.2, -0.15) is 4.31 Å². The first-order chi connectivity index (χ1) is 23.6. The van der Waals surface area contributed by atoms with Gasteiger partial charge in [0.25, 0.3) is 0 Å². The Morgan fingerprint density at radius 3 is 2.36 bits per heavy atom. The van der Waals surface area contributed by atoms with Gasteiger partial charge in [-0.15, -0.1) is 12.3 Å². The van der Waals surface area contributed by atoms with E-state index in [1.54, 1.807) is 6.92 Å². The fraction of sp³-hybridized carbons (Fsp3) is 0.500. The van der Waals surface area contributed by atoms with Gasteiger partial charge < -0.3 is 51.2 Å². The summed E-state index contributed by atoms with van der Waals surface area (Å²) in [7, 11) is -10.8. The maximum atomic E-state index is 12.6. The first kappa shape index (κ1) is 39.7. The summed E-state index contributed by atoms with van der Waals surface area (Å²) in [6, 6.07) is 0. The number of phosphoric acid groups is 2. The summed E-state index contributed by atoms with van der Waals surface area (Å²) >= 11 is 1.18. The lowest BCUT2D eigenvalue weighted by Crippen LogP contribution is -2.34. The van der Waals surface area contributed by atoms with Gasteiger partial charge in [-0.1, -0.05) is 17.8 Å². The SMILES string of the molecule is C#CCCSc1nc2c(N)ncnc2n1[C@@H]1O[C@H](COP(=O)(O)OP(=O)(O)OC[C@@H]2O[C@H](N=C/C=C\C(=C/C)C(N)=O)C(O)[C@@H]2O)C(O)[C@@H]1O. The Kier molecular flexibility index (Phi) is 13.4. The highest BCUT2D eigenvalue weighted by atomic mass is 32.2. The number of nitrogen functional groups attached to an aromatic ring is 1. The standard InChI is InChI=1S/C26H35N7O14P2S/c1-3-5-9-50-26-32-16-21(27)30-12-31-23(16)33(26)25-20(37)18(35)15(46-25)11-44-49(41,42)47-48(39,40)43-10-14-17(34)19(36)24(45-14)29-8-6-7-13(4-2)22(28)38/h1,4,6-8,12,14-15,17-20,24-25,34-37H,5,9-11H2,2H3,(H2,28,38)(H,39,40)(H,41,42)(H2,27,30,31)/b7-6-,13-4+,29-8?/t14-,15+,17+,18?,19?,20-,24-,25+/m0/s1. The summed E-state index contributed by atoms with van der Waals surface area (Å²) in [5, 5.41) is 42.2. The molecule has 0 bridgehead atoms. The topological polar surface area (TPSA) is 327 Å². The molecule has 0 aliphatic carbocycles. The predicted octanol–water partition coefficient (Wildman–Crippen LogP) is -1.10. The molecule has 0 radical (unpaired) electrons. The third-order valence-corrected chi connectivity index (χ3v) is 10.6. The lowest BCUT2D eigenvalue weighted by atomic mass is 10.1. The Balaban J connectivity index is 1.34. The summed E-state index contributed by atoms with van der Waals surface area (Å²) in [5.74, 6) is 2.24. The highest BCUT2D eigenvalue weighted by molar-refractivity contribution is 7.99. The highest BCUT2D eigenvalue weighted by Gasteiger charge is 2.48. The van der Waals surface area contributed by atoms with Crippen LogP contribution >= 0.6 is 27.4 Å². The van der Waals surface area contributed by atoms with Gasteiger partial charge in [0.2, 0.25) is 5.91 Å². The van der Waals surface area contributed by atoms with Crippen molar-refractivity contribution in [3.05, 3.63) is 30.1 Å². The summed E-state index contributed by atoms with van der Waals surface area (Å²) in [4.78, 5) is 47.8. The number of hydrogen-bond donors (Lipinski definition) is 8. The first-order valence-corrected chi connectivity index (χ1v) is 18.5. The van der Waals surface area contributed by atoms with Crippen LogP contribution in [-0.2, 0) is 36.8 Å². The van der Waals surface area contributed by atoms with E-state index in [2.05, 4.69) is 34.7 Å². The van der Waals surface area contributed by atoms with Crippen LogP contribution in [0.15, 0.2) is 40.3 Å². The minimum absolute atomic E-state index is 0.0301. The molecule has 2 aromatic heterocycles. The van der Waals surface area contributed by atoms with Gasteiger partial charge in [-0.3, -0.25) is 23.4 Å². The molecule has 2 aliphatic rings. The van der Waals surface area contributed by atoms with Gasteiger partial charge in [-0.05, 0) is 19.1 Å². The molecule has 2 fully saturated rings. The molecular weight excluding hydrogens is 728 g/mol. The van der Waals surface area contributed by atoms with Crippen molar-refractivity contribution in [2.75, 3.05) is 24.7 Å². The molecule has 4 heterocycles. The Morgan fingerprint density at radius 1 is 1.10 bits per heavy atom. The average molecular weight is 764 g/mol. The molecule has 24 heteroatoms. The van der Waals surface area contributed by atoms with E-state index >= 15 is 0 Å². The van der Waals surface area contributed by atoms with E-state index in [1.807, 2.05) is 0 Å². The zero-order valence-corrected chi connectivity index (χ0v) is 28.7. The second kappa shape index (κ2) is 16.9. The molecule has 2 saturated heterocycles. The van der Waals surface area contributed by atoms with E-state index in [0.717, 1.165) is 12.5 Å². The minimum Gasteiger partial charge on any atom is -0.387 e. The molecule has 2 aliphatic heterocycles. The summed E-state index contributed by atoms with van der Waals surface area (Å²) in [6.07, 6.45) is -0.105. The van der Waals surface area contributed by atoms with Crippen LogP contribution in [0.2, 0.25) is 0 Å². The van der Waals surface area contributed by atoms with Crippen molar-refractivity contribution >= 4 is 56.5 Å². The molecule has 10 N–H and O–H groups in total. The van der Waals surface area contributed by atoms with Gasteiger partial charge >= 0.3 is 15.6 Å². The second-order valence-corrected chi connectivity index (χ2v) is 14.6. The van der Waals surface area contributed by atoms with E-state index in [4.69, 9.17) is 31.9 Å². The van der Waals surface area contributed by atoms with Crippen LogP contribution < -0.4 is 11.5 Å². The van der Waals surface area contributed by atoms with E-state index < -0.39 is 83.8 Å². The number of aliphatic hydroxyl groups is 4. The normalized spacial score (nSPS) is 29.8. The third kappa shape index (κ3) is 9.61. The molecule has 50 heavy (non-hydrogen) atoms. The van der Waals surface area contributed by atoms with Crippen molar-refractivity contribution in [3.63, 3.8) is 0 Å². The Labute approximate surface area is 288 Å². The monoisotopic (exact) mass is 763 g/mol. The number of aliphatic imine (C=N–C) groups is 1. The lowest BCUT2D eigenvalue weighted by molar-refractivity contribution is -0.114. The maximum Gasteiger partial charge on any atom is 0.481 e. The quantitative estimate of drug-likeness (QED) is 0.0191. The fourth-order valence-corrected chi connectivity index (χ4v) is 7.60. The first-order valence-electron chi connectivity index (χ1n) is 14.5. The van der Waals surface area contributed by atoms with Crippen molar-refractivity contribution in [1.29, 1.82) is 0 Å². The van der Waals surface area contributed by atoms with Crippen molar-refractivity contribution in [2.45, 2.75) is 67.6 Å². The number of primary amides is 1. The van der Waals surface area contributed by atoms with Crippen LogP contribution in [0.25, 0.3) is 11.2 Å². The molecule has 0 saturated carbocycles. The smallest absolute Gasteiger partial charge is 0.387 e. The molecule has 0 spiro atoms. The molecule has 4 unspecified atom stereocenters. The van der Waals surface area contributed by atoms with E-state index in [9.17, 15) is 44.1 Å². The van der Waals surface area contributed by atoms with E-state index in [0.29, 0.717) is 12.2 Å². The second-order valence-electron chi connectivity index (χ2n) is 10.5. The van der Waals surface area contributed by atoms with Crippen molar-refractivity contribution in [2.24, 2.45) is 10.7 Å². The average Bonchev–Trinajstić information content (AvgIpc) is 3.65. The van der Waals surface area contributed by atoms with Crippen LogP contribution in [0.4, 0.5) is 5.82 Å². The number of terminal acetylenes is 1. The Morgan fingerprint density at radius 2 is 1.74 bits per heavy atom. The summed E-state index contributed by atoms with van der Waals surface area (Å²) in [6.45, 7) is -0.249. The molecule has 274 valence electrons.